The monoisotopic (exact) mass is 248 g/mol. The first-order chi connectivity index (χ1) is 9.40. The van der Waals surface area contributed by atoms with E-state index in [2.05, 4.69) is 48.6 Å². The van der Waals surface area contributed by atoms with Gasteiger partial charge in [0.2, 0.25) is 0 Å². The highest BCUT2D eigenvalue weighted by molar-refractivity contribution is 5.61. The van der Waals surface area contributed by atoms with Crippen molar-refractivity contribution < 1.29 is 0 Å². The molecular weight excluding hydrogens is 228 g/mol. The maximum Gasteiger partial charge on any atom is 0.0171 e. The van der Waals surface area contributed by atoms with Crippen LogP contribution in [0.15, 0.2) is 70.9 Å². The lowest BCUT2D eigenvalue weighted by Gasteiger charge is -2.33. The normalized spacial score (nSPS) is 26.9. The number of allylic oxidation sites excluding steroid dienone is 12. The lowest BCUT2D eigenvalue weighted by molar-refractivity contribution is 0.447. The molecule has 0 nitrogen and oxygen atoms in total. The molecule has 0 atom stereocenters. The molecule has 0 aromatic heterocycles. The lowest BCUT2D eigenvalue weighted by Crippen LogP contribution is -2.22. The standard InChI is InChI=1S/C19H20/c1-4-10-17-15(7-1)11-12-18(17)19(13-5-6-14-19)16-8-2-3-9-16/h1-4,7-8,11-12H,5-6,9-10,13-14H2. The average Bonchev–Trinajstić information content (AvgIpc) is 3.18. The van der Waals surface area contributed by atoms with E-state index in [9.17, 15) is 0 Å². The maximum absolute atomic E-state index is 2.42. The van der Waals surface area contributed by atoms with E-state index < -0.39 is 0 Å². The van der Waals surface area contributed by atoms with Crippen LogP contribution in [0.5, 0.6) is 0 Å². The summed E-state index contributed by atoms with van der Waals surface area (Å²) in [6.07, 6.45) is 26.2. The summed E-state index contributed by atoms with van der Waals surface area (Å²) in [5.41, 5.74) is 6.70. The number of hydrogen-bond donors (Lipinski definition) is 0. The molecule has 0 radical (unpaired) electrons. The largest absolute Gasteiger partial charge is 0.0804 e. The Balaban J connectivity index is 1.83. The number of fused-ring (bicyclic) bond motifs is 1. The third kappa shape index (κ3) is 1.59. The molecular formula is C19H20. The smallest absolute Gasteiger partial charge is 0.0171 e. The molecule has 0 heteroatoms. The molecule has 4 aliphatic carbocycles. The predicted molar refractivity (Wildman–Crippen MR) is 80.7 cm³/mol. The Morgan fingerprint density at radius 2 is 1.63 bits per heavy atom. The van der Waals surface area contributed by atoms with Gasteiger partial charge in [0.1, 0.15) is 0 Å². The second-order valence-corrected chi connectivity index (χ2v) is 6.09. The summed E-state index contributed by atoms with van der Waals surface area (Å²) < 4.78 is 0. The summed E-state index contributed by atoms with van der Waals surface area (Å²) in [6.45, 7) is 0. The first kappa shape index (κ1) is 11.3. The van der Waals surface area contributed by atoms with Crippen LogP contribution in [0.2, 0.25) is 0 Å². The zero-order valence-electron chi connectivity index (χ0n) is 11.4. The third-order valence-electron chi connectivity index (χ3n) is 5.20. The number of rotatable bonds is 2. The van der Waals surface area contributed by atoms with E-state index in [4.69, 9.17) is 0 Å². The lowest BCUT2D eigenvalue weighted by atomic mass is 9.70. The predicted octanol–water partition coefficient (Wildman–Crippen LogP) is 5.19. The Kier molecular flexibility index (Phi) is 2.51. The molecule has 0 N–H and O–H groups in total. The highest BCUT2D eigenvalue weighted by atomic mass is 14.5. The van der Waals surface area contributed by atoms with Crippen LogP contribution in [-0.4, -0.2) is 0 Å². The molecule has 4 rings (SSSR count). The second-order valence-electron chi connectivity index (χ2n) is 6.09. The Bertz CT molecular complexity index is 582. The minimum Gasteiger partial charge on any atom is -0.0804 e. The fourth-order valence-electron chi connectivity index (χ4n) is 4.26. The van der Waals surface area contributed by atoms with Crippen molar-refractivity contribution in [2.45, 2.75) is 38.5 Å². The molecule has 19 heavy (non-hydrogen) atoms. The van der Waals surface area contributed by atoms with Gasteiger partial charge in [-0.2, -0.15) is 0 Å². The molecule has 0 aliphatic heterocycles. The van der Waals surface area contributed by atoms with Gasteiger partial charge in [0.15, 0.2) is 0 Å². The van der Waals surface area contributed by atoms with Crippen molar-refractivity contribution in [2.24, 2.45) is 5.41 Å². The fraction of sp³-hybridized carbons (Fsp3) is 0.368. The molecule has 0 bridgehead atoms. The first-order valence-electron chi connectivity index (χ1n) is 7.55. The minimum absolute atomic E-state index is 0.357. The van der Waals surface area contributed by atoms with Gasteiger partial charge in [-0.3, -0.25) is 0 Å². The zero-order chi connectivity index (χ0) is 12.7. The van der Waals surface area contributed by atoms with E-state index >= 15 is 0 Å². The van der Waals surface area contributed by atoms with Crippen LogP contribution in [0.4, 0.5) is 0 Å². The summed E-state index contributed by atoms with van der Waals surface area (Å²) in [5, 5.41) is 0. The van der Waals surface area contributed by atoms with Crippen LogP contribution in [0.3, 0.4) is 0 Å². The van der Waals surface area contributed by atoms with Crippen LogP contribution in [0.1, 0.15) is 38.5 Å². The Morgan fingerprint density at radius 1 is 0.842 bits per heavy atom. The van der Waals surface area contributed by atoms with Crippen molar-refractivity contribution in [2.75, 3.05) is 0 Å². The van der Waals surface area contributed by atoms with Crippen LogP contribution in [0, 0.1) is 5.41 Å². The van der Waals surface area contributed by atoms with Gasteiger partial charge in [-0.25, -0.2) is 0 Å². The first-order valence-corrected chi connectivity index (χ1v) is 7.55. The summed E-state index contributed by atoms with van der Waals surface area (Å²) in [6, 6.07) is 0. The molecule has 0 saturated heterocycles. The van der Waals surface area contributed by atoms with Gasteiger partial charge >= 0.3 is 0 Å². The van der Waals surface area contributed by atoms with Crippen molar-refractivity contribution >= 4 is 0 Å². The zero-order valence-corrected chi connectivity index (χ0v) is 11.4. The van der Waals surface area contributed by atoms with Crippen molar-refractivity contribution in [3.8, 4) is 0 Å². The van der Waals surface area contributed by atoms with E-state index in [0.717, 1.165) is 6.42 Å². The van der Waals surface area contributed by atoms with Crippen molar-refractivity contribution in [1.29, 1.82) is 0 Å². The van der Waals surface area contributed by atoms with Crippen LogP contribution in [0.25, 0.3) is 0 Å². The molecule has 1 saturated carbocycles. The SMILES string of the molecule is C1=CCC(C2(C3=C4CC=CC=C4C=C3)CCCC2)=C1. The summed E-state index contributed by atoms with van der Waals surface area (Å²) >= 11 is 0. The highest BCUT2D eigenvalue weighted by Gasteiger charge is 2.42. The van der Waals surface area contributed by atoms with Crippen molar-refractivity contribution in [3.63, 3.8) is 0 Å². The molecule has 4 aliphatic rings. The maximum atomic E-state index is 2.42. The molecule has 96 valence electrons. The summed E-state index contributed by atoms with van der Waals surface area (Å²) in [5.74, 6) is 0. The van der Waals surface area contributed by atoms with E-state index in [1.54, 1.807) is 16.7 Å². The molecule has 0 heterocycles. The topological polar surface area (TPSA) is 0 Å². The summed E-state index contributed by atoms with van der Waals surface area (Å²) in [7, 11) is 0. The van der Waals surface area contributed by atoms with Crippen molar-refractivity contribution in [1.82, 2.24) is 0 Å². The third-order valence-corrected chi connectivity index (χ3v) is 5.20. The van der Waals surface area contributed by atoms with Gasteiger partial charge in [0, 0.05) is 5.41 Å². The highest BCUT2D eigenvalue weighted by Crippen LogP contribution is 2.55. The average molecular weight is 248 g/mol. The quantitative estimate of drug-likeness (QED) is 0.631. The van der Waals surface area contributed by atoms with Gasteiger partial charge in [-0.15, -0.1) is 0 Å². The van der Waals surface area contributed by atoms with Gasteiger partial charge in [0.05, 0.1) is 0 Å². The second kappa shape index (κ2) is 4.23. The van der Waals surface area contributed by atoms with E-state index in [0.29, 0.717) is 5.41 Å². The van der Waals surface area contributed by atoms with E-state index in [1.807, 2.05) is 0 Å². The van der Waals surface area contributed by atoms with Crippen LogP contribution in [-0.2, 0) is 0 Å². The van der Waals surface area contributed by atoms with Crippen LogP contribution >= 0.6 is 0 Å². The molecule has 0 aromatic rings. The molecule has 0 aromatic carbocycles. The number of hydrogen-bond acceptors (Lipinski definition) is 0. The minimum atomic E-state index is 0.357. The van der Waals surface area contributed by atoms with Gasteiger partial charge in [-0.1, -0.05) is 67.0 Å². The van der Waals surface area contributed by atoms with Gasteiger partial charge in [0.25, 0.3) is 0 Å². The summed E-state index contributed by atoms with van der Waals surface area (Å²) in [4.78, 5) is 0. The van der Waals surface area contributed by atoms with E-state index in [-0.39, 0.29) is 0 Å². The van der Waals surface area contributed by atoms with E-state index in [1.165, 1.54) is 37.7 Å². The molecule has 0 unspecified atom stereocenters. The van der Waals surface area contributed by atoms with Gasteiger partial charge in [-0.05, 0) is 42.4 Å². The molecule has 0 amide bonds. The fourth-order valence-corrected chi connectivity index (χ4v) is 4.26. The van der Waals surface area contributed by atoms with Crippen molar-refractivity contribution in [3.05, 3.63) is 70.9 Å². The van der Waals surface area contributed by atoms with Gasteiger partial charge < -0.3 is 0 Å². The molecule has 1 fully saturated rings. The Morgan fingerprint density at radius 3 is 2.42 bits per heavy atom. The Hall–Kier alpha value is -1.56. The van der Waals surface area contributed by atoms with Crippen LogP contribution < -0.4 is 0 Å². The molecule has 0 spiro atoms. The Labute approximate surface area is 115 Å².